The van der Waals surface area contributed by atoms with Crippen LogP contribution in [0.5, 0.6) is 0 Å². The molecule has 1 saturated carbocycles. The topological polar surface area (TPSA) is 149 Å². The predicted octanol–water partition coefficient (Wildman–Crippen LogP) is 1.98. The minimum Gasteiger partial charge on any atom is -0.380 e. The van der Waals surface area contributed by atoms with E-state index in [2.05, 4.69) is 10.3 Å². The quantitative estimate of drug-likeness (QED) is 0.445. The van der Waals surface area contributed by atoms with Gasteiger partial charge in [0.15, 0.2) is 23.3 Å². The second-order valence-corrected chi connectivity index (χ2v) is 10.6. The summed E-state index contributed by atoms with van der Waals surface area (Å²) in [7, 11) is 0. The maximum atomic E-state index is 13.8. The van der Waals surface area contributed by atoms with Crippen molar-refractivity contribution in [2.45, 2.75) is 70.1 Å². The lowest BCUT2D eigenvalue weighted by atomic mass is 9.81. The van der Waals surface area contributed by atoms with E-state index < -0.39 is 48.1 Å². The molecule has 2 fully saturated rings. The number of guanidine groups is 1. The molecule has 5 rings (SSSR count). The molecule has 11 nitrogen and oxygen atoms in total. The first-order valence-corrected chi connectivity index (χ1v) is 13.2. The van der Waals surface area contributed by atoms with Crippen molar-refractivity contribution in [1.82, 2.24) is 15.1 Å². The van der Waals surface area contributed by atoms with Crippen molar-refractivity contribution in [3.05, 3.63) is 70.8 Å². The van der Waals surface area contributed by atoms with Crippen molar-refractivity contribution in [3.8, 4) is 0 Å². The van der Waals surface area contributed by atoms with Crippen molar-refractivity contribution in [2.24, 2.45) is 4.99 Å². The Morgan fingerprint density at radius 1 is 1.05 bits per heavy atom. The van der Waals surface area contributed by atoms with E-state index >= 15 is 0 Å². The molecule has 1 unspecified atom stereocenters. The number of aliphatic imine (C=N–C) groups is 1. The lowest BCUT2D eigenvalue weighted by molar-refractivity contribution is -0.149. The van der Waals surface area contributed by atoms with Crippen LogP contribution < -0.4 is 5.32 Å². The smallest absolute Gasteiger partial charge is 0.350 e. The average molecular weight is 549 g/mol. The standard InChI is InChI=1S/C29H32N4O7/c1-16-8-4-6-10-20(16)23(35)24(36)26-29(39,25(37)21-11-7-5-9-17(21)2)14-22(40-26)33-15-32(19-12-13-19)27(30-18(3)34)31-28(33)38/h4-11,19,22-23,26,35,39H,12-15H2,1-3H3,(H,30,31,34,38)/t22-,23?,26-,29-/m1/s1. The van der Waals surface area contributed by atoms with Gasteiger partial charge in [-0.2, -0.15) is 4.99 Å². The number of hydrogen-bond donors (Lipinski definition) is 3. The Morgan fingerprint density at radius 3 is 2.33 bits per heavy atom. The number of nitrogens with zero attached hydrogens (tertiary/aromatic N) is 3. The van der Waals surface area contributed by atoms with Crippen molar-refractivity contribution in [1.29, 1.82) is 0 Å². The number of ketones is 2. The van der Waals surface area contributed by atoms with E-state index in [1.807, 2.05) is 0 Å². The van der Waals surface area contributed by atoms with Gasteiger partial charge in [-0.15, -0.1) is 0 Å². The Morgan fingerprint density at radius 2 is 1.70 bits per heavy atom. The maximum Gasteiger partial charge on any atom is 0.350 e. The monoisotopic (exact) mass is 548 g/mol. The van der Waals surface area contributed by atoms with Gasteiger partial charge in [-0.3, -0.25) is 24.6 Å². The number of aryl methyl sites for hydroxylation is 2. The summed E-state index contributed by atoms with van der Waals surface area (Å²) in [5, 5.41) is 25.6. The number of rotatable bonds is 7. The lowest BCUT2D eigenvalue weighted by Crippen LogP contribution is -2.57. The van der Waals surface area contributed by atoms with E-state index in [1.54, 1.807) is 67.3 Å². The van der Waals surface area contributed by atoms with Crippen LogP contribution in [-0.4, -0.2) is 80.1 Å². The second-order valence-electron chi connectivity index (χ2n) is 10.6. The van der Waals surface area contributed by atoms with Gasteiger partial charge in [-0.1, -0.05) is 48.5 Å². The number of Topliss-reactive ketones (excluding diaryl/α,β-unsaturated/α-hetero) is 2. The van der Waals surface area contributed by atoms with Gasteiger partial charge < -0.3 is 19.8 Å². The lowest BCUT2D eigenvalue weighted by Gasteiger charge is -2.38. The SMILES string of the molecule is CC(=O)NC1=NC(=O)N([C@H]2C[C@@](O)(C(=O)c3ccccc3C)[C@@H](C(=O)C(O)c3ccccc3C)O2)CN1C1CC1. The molecule has 2 aromatic rings. The van der Waals surface area contributed by atoms with Crippen LogP contribution in [0.3, 0.4) is 0 Å². The molecule has 1 saturated heterocycles. The molecule has 11 heteroatoms. The summed E-state index contributed by atoms with van der Waals surface area (Å²) in [6.45, 7) is 4.74. The number of carbonyl (C=O) groups is 4. The van der Waals surface area contributed by atoms with Crippen LogP contribution in [0.25, 0.3) is 0 Å². The number of carbonyl (C=O) groups excluding carboxylic acids is 4. The Labute approximate surface area is 231 Å². The van der Waals surface area contributed by atoms with Crippen LogP contribution in [-0.2, 0) is 14.3 Å². The molecule has 2 heterocycles. The summed E-state index contributed by atoms with van der Waals surface area (Å²) in [6.07, 6.45) is -3.37. The summed E-state index contributed by atoms with van der Waals surface area (Å²) >= 11 is 0. The van der Waals surface area contributed by atoms with Gasteiger partial charge in [0, 0.05) is 24.9 Å². The molecule has 0 bridgehead atoms. The third kappa shape index (κ3) is 5.03. The molecule has 210 valence electrons. The molecule has 3 N–H and O–H groups in total. The highest BCUT2D eigenvalue weighted by Gasteiger charge is 2.59. The van der Waals surface area contributed by atoms with Gasteiger partial charge in [0.05, 0.1) is 0 Å². The Bertz CT molecular complexity index is 1400. The Hall–Kier alpha value is -3.93. The molecule has 0 spiro atoms. The van der Waals surface area contributed by atoms with Crippen LogP contribution in [0.1, 0.15) is 59.3 Å². The van der Waals surface area contributed by atoms with Crippen molar-refractivity contribution in [3.63, 3.8) is 0 Å². The van der Waals surface area contributed by atoms with Gasteiger partial charge in [0.25, 0.3) is 0 Å². The molecule has 1 aliphatic carbocycles. The normalized spacial score (nSPS) is 25.4. The van der Waals surface area contributed by atoms with E-state index in [0.29, 0.717) is 16.7 Å². The summed E-state index contributed by atoms with van der Waals surface area (Å²) in [5.41, 5.74) is -0.604. The molecule has 3 aliphatic rings. The van der Waals surface area contributed by atoms with Crippen LogP contribution in [0.2, 0.25) is 0 Å². The third-order valence-corrected chi connectivity index (χ3v) is 7.65. The Balaban J connectivity index is 1.50. The van der Waals surface area contributed by atoms with Gasteiger partial charge in [-0.25, -0.2) is 4.79 Å². The van der Waals surface area contributed by atoms with Gasteiger partial charge in [0.1, 0.15) is 19.0 Å². The van der Waals surface area contributed by atoms with E-state index in [1.165, 1.54) is 11.8 Å². The zero-order valence-corrected chi connectivity index (χ0v) is 22.5. The van der Waals surface area contributed by atoms with Crippen molar-refractivity contribution >= 4 is 29.5 Å². The average Bonchev–Trinajstić information content (AvgIpc) is 3.69. The van der Waals surface area contributed by atoms with Crippen molar-refractivity contribution in [2.75, 3.05) is 6.67 Å². The van der Waals surface area contributed by atoms with Gasteiger partial charge >= 0.3 is 6.03 Å². The molecule has 2 aliphatic heterocycles. The molecular weight excluding hydrogens is 516 g/mol. The number of aliphatic hydroxyl groups is 2. The minimum absolute atomic E-state index is 0.0246. The highest BCUT2D eigenvalue weighted by molar-refractivity contribution is 6.08. The summed E-state index contributed by atoms with van der Waals surface area (Å²) in [5.74, 6) is -1.89. The number of aliphatic hydroxyl groups excluding tert-OH is 1. The molecular formula is C29H32N4O7. The minimum atomic E-state index is -2.37. The molecule has 2 aromatic carbocycles. The molecule has 3 amide bonds. The zero-order valence-electron chi connectivity index (χ0n) is 22.5. The highest BCUT2D eigenvalue weighted by Crippen LogP contribution is 2.40. The summed E-state index contributed by atoms with van der Waals surface area (Å²) in [4.78, 5) is 59.4. The fourth-order valence-corrected chi connectivity index (χ4v) is 5.30. The zero-order chi connectivity index (χ0) is 28.8. The summed E-state index contributed by atoms with van der Waals surface area (Å²) in [6, 6.07) is 12.7. The molecule has 4 atom stereocenters. The van der Waals surface area contributed by atoms with Crippen LogP contribution in [0, 0.1) is 13.8 Å². The first-order valence-electron chi connectivity index (χ1n) is 13.2. The van der Waals surface area contributed by atoms with Crippen LogP contribution in [0.4, 0.5) is 4.79 Å². The predicted molar refractivity (Wildman–Crippen MR) is 143 cm³/mol. The third-order valence-electron chi connectivity index (χ3n) is 7.65. The van der Waals surface area contributed by atoms with Crippen LogP contribution in [0.15, 0.2) is 53.5 Å². The van der Waals surface area contributed by atoms with E-state index in [4.69, 9.17) is 4.74 Å². The molecule has 0 aromatic heterocycles. The van der Waals surface area contributed by atoms with Gasteiger partial charge in [0.2, 0.25) is 11.9 Å². The first-order chi connectivity index (χ1) is 19.0. The number of ether oxygens (including phenoxy) is 1. The molecule has 0 radical (unpaired) electrons. The fraction of sp³-hybridized carbons (Fsp3) is 0.414. The van der Waals surface area contributed by atoms with Gasteiger partial charge in [-0.05, 0) is 43.4 Å². The number of hydrogen-bond acceptors (Lipinski definition) is 8. The number of nitrogens with one attached hydrogen (secondary N) is 1. The fourth-order valence-electron chi connectivity index (χ4n) is 5.30. The number of urea groups is 1. The van der Waals surface area contributed by atoms with E-state index in [-0.39, 0.29) is 30.1 Å². The van der Waals surface area contributed by atoms with Crippen molar-refractivity contribution < 1.29 is 34.1 Å². The van der Waals surface area contributed by atoms with E-state index in [0.717, 1.165) is 12.8 Å². The highest BCUT2D eigenvalue weighted by atomic mass is 16.5. The largest absolute Gasteiger partial charge is 0.380 e. The number of amides is 3. The summed E-state index contributed by atoms with van der Waals surface area (Å²) < 4.78 is 6.02. The molecule has 40 heavy (non-hydrogen) atoms. The second kappa shape index (κ2) is 10.6. The first kappa shape index (κ1) is 27.6. The van der Waals surface area contributed by atoms with E-state index in [9.17, 15) is 29.4 Å². The Kier molecular flexibility index (Phi) is 7.30. The number of benzene rings is 2. The van der Waals surface area contributed by atoms with Crippen LogP contribution >= 0.6 is 0 Å². The maximum absolute atomic E-state index is 13.8.